The average molecular weight is 323 g/mol. The third kappa shape index (κ3) is 6.11. The first kappa shape index (κ1) is 17.4. The molecule has 0 saturated carbocycles. The lowest BCUT2D eigenvalue weighted by Crippen LogP contribution is -1.94. The first-order valence-corrected chi connectivity index (χ1v) is 7.25. The first-order valence-electron chi connectivity index (χ1n) is 6.49. The molecule has 0 spiro atoms. The highest BCUT2D eigenvalue weighted by atomic mass is 35.5. The van der Waals surface area contributed by atoms with Crippen molar-refractivity contribution in [2.75, 3.05) is 0 Å². The fourth-order valence-corrected chi connectivity index (χ4v) is 1.78. The summed E-state index contributed by atoms with van der Waals surface area (Å²) >= 11 is 11.3. The van der Waals surface area contributed by atoms with Gasteiger partial charge in [0.05, 0.1) is 0 Å². The van der Waals surface area contributed by atoms with Crippen LogP contribution in [-0.2, 0) is 0 Å². The molecule has 0 saturated heterocycles. The number of rotatable bonds is 3. The summed E-state index contributed by atoms with van der Waals surface area (Å²) in [7, 11) is 0. The summed E-state index contributed by atoms with van der Waals surface area (Å²) in [5.74, 6) is 0.221. The summed E-state index contributed by atoms with van der Waals surface area (Å²) in [6, 6.07) is 13.8. The number of hydrogen-bond acceptors (Lipinski definition) is 2. The molecule has 0 aromatic heterocycles. The molecule has 110 valence electrons. The fraction of sp³-hybridized carbons (Fsp3) is 0.176. The van der Waals surface area contributed by atoms with Gasteiger partial charge in [0.15, 0.2) is 11.6 Å². The van der Waals surface area contributed by atoms with Crippen LogP contribution in [0.1, 0.15) is 41.0 Å². The quantitative estimate of drug-likeness (QED) is 0.701. The summed E-state index contributed by atoms with van der Waals surface area (Å²) in [5.41, 5.74) is 1.43. The molecule has 2 aromatic rings. The van der Waals surface area contributed by atoms with E-state index in [2.05, 4.69) is 0 Å². The van der Waals surface area contributed by atoms with Crippen molar-refractivity contribution in [3.05, 3.63) is 69.7 Å². The molecule has 0 radical (unpaired) electrons. The first-order chi connectivity index (χ1) is 9.93. The Morgan fingerprint density at radius 1 is 0.810 bits per heavy atom. The van der Waals surface area contributed by atoms with Crippen LogP contribution in [-0.4, -0.2) is 11.6 Å². The lowest BCUT2D eigenvalue weighted by molar-refractivity contribution is 0.0986. The van der Waals surface area contributed by atoms with Crippen LogP contribution >= 0.6 is 23.2 Å². The Morgan fingerprint density at radius 2 is 1.19 bits per heavy atom. The predicted molar refractivity (Wildman–Crippen MR) is 87.5 cm³/mol. The predicted octanol–water partition coefficient (Wildman–Crippen LogP) is 5.48. The number of benzene rings is 2. The highest BCUT2D eigenvalue weighted by Crippen LogP contribution is 2.11. The maximum Gasteiger partial charge on any atom is 0.162 e. The van der Waals surface area contributed by atoms with Crippen LogP contribution in [0.2, 0.25) is 10.0 Å². The van der Waals surface area contributed by atoms with E-state index in [-0.39, 0.29) is 11.6 Å². The lowest BCUT2D eigenvalue weighted by Gasteiger charge is -1.95. The van der Waals surface area contributed by atoms with Crippen LogP contribution in [0.25, 0.3) is 0 Å². The van der Waals surface area contributed by atoms with E-state index in [4.69, 9.17) is 23.2 Å². The zero-order valence-corrected chi connectivity index (χ0v) is 13.4. The van der Waals surface area contributed by atoms with E-state index in [1.54, 1.807) is 48.5 Å². The third-order valence-corrected chi connectivity index (χ3v) is 3.24. The number of carbonyl (C=O) groups is 2. The second kappa shape index (κ2) is 8.60. The van der Waals surface area contributed by atoms with E-state index < -0.39 is 0 Å². The maximum absolute atomic E-state index is 11.1. The van der Waals surface area contributed by atoms with Gasteiger partial charge in [-0.2, -0.15) is 0 Å². The summed E-state index contributed by atoms with van der Waals surface area (Å²) in [5, 5.41) is 1.32. The van der Waals surface area contributed by atoms with E-state index in [0.29, 0.717) is 22.0 Å². The van der Waals surface area contributed by atoms with Crippen molar-refractivity contribution in [3.8, 4) is 0 Å². The van der Waals surface area contributed by atoms with E-state index >= 15 is 0 Å². The van der Waals surface area contributed by atoms with Crippen molar-refractivity contribution >= 4 is 34.8 Å². The fourth-order valence-electron chi connectivity index (χ4n) is 1.52. The van der Waals surface area contributed by atoms with Crippen molar-refractivity contribution in [1.82, 2.24) is 0 Å². The van der Waals surface area contributed by atoms with Gasteiger partial charge in [0.2, 0.25) is 0 Å². The van der Waals surface area contributed by atoms with Gasteiger partial charge in [-0.3, -0.25) is 9.59 Å². The Morgan fingerprint density at radius 3 is 1.52 bits per heavy atom. The minimum absolute atomic E-state index is 0.0664. The largest absolute Gasteiger partial charge is 0.295 e. The molecule has 21 heavy (non-hydrogen) atoms. The Labute approximate surface area is 134 Å². The second-order valence-electron chi connectivity index (χ2n) is 4.35. The molecule has 0 amide bonds. The molecule has 0 atom stereocenters. The standard InChI is InChI=1S/C9H9ClO.C8H7ClO/c1-2-9(11)7-3-5-8(10)6-4-7;1-6(10)7-2-4-8(9)5-3-7/h3-6H,2H2,1H3;2-5H,1H3. The highest BCUT2D eigenvalue weighted by Gasteiger charge is 2.00. The SMILES string of the molecule is CC(=O)c1ccc(Cl)cc1.CCC(=O)c1ccc(Cl)cc1. The Balaban J connectivity index is 0.000000211. The van der Waals surface area contributed by atoms with Crippen molar-refractivity contribution in [2.45, 2.75) is 20.3 Å². The monoisotopic (exact) mass is 322 g/mol. The van der Waals surface area contributed by atoms with Crippen molar-refractivity contribution in [1.29, 1.82) is 0 Å². The van der Waals surface area contributed by atoms with Crippen LogP contribution in [0.3, 0.4) is 0 Å². The molecular formula is C17H16Cl2O2. The molecular weight excluding hydrogens is 307 g/mol. The number of hydrogen-bond donors (Lipinski definition) is 0. The van der Waals surface area contributed by atoms with Crippen LogP contribution in [0, 0.1) is 0 Å². The zero-order chi connectivity index (χ0) is 15.8. The zero-order valence-electron chi connectivity index (χ0n) is 11.9. The van der Waals surface area contributed by atoms with Gasteiger partial charge in [0, 0.05) is 27.6 Å². The highest BCUT2D eigenvalue weighted by molar-refractivity contribution is 6.31. The van der Waals surface area contributed by atoms with E-state index in [1.165, 1.54) is 6.92 Å². The van der Waals surface area contributed by atoms with Crippen molar-refractivity contribution in [2.24, 2.45) is 0 Å². The Kier molecular flexibility index (Phi) is 7.13. The molecule has 0 N–H and O–H groups in total. The molecule has 0 heterocycles. The van der Waals surface area contributed by atoms with E-state index in [1.807, 2.05) is 6.92 Å². The van der Waals surface area contributed by atoms with Gasteiger partial charge < -0.3 is 0 Å². The number of carbonyl (C=O) groups excluding carboxylic acids is 2. The number of Topliss-reactive ketones (excluding diaryl/α,β-unsaturated/α-hetero) is 2. The smallest absolute Gasteiger partial charge is 0.162 e. The summed E-state index contributed by atoms with van der Waals surface area (Å²) in [4.78, 5) is 21.8. The normalized spacial score (nSPS) is 9.52. The van der Waals surface area contributed by atoms with Crippen LogP contribution < -0.4 is 0 Å². The molecule has 0 aliphatic rings. The van der Waals surface area contributed by atoms with Gasteiger partial charge in [0.1, 0.15) is 0 Å². The molecule has 4 heteroatoms. The topological polar surface area (TPSA) is 34.1 Å². The maximum atomic E-state index is 11.1. The molecule has 0 bridgehead atoms. The van der Waals surface area contributed by atoms with Gasteiger partial charge in [-0.05, 0) is 55.5 Å². The van der Waals surface area contributed by atoms with Gasteiger partial charge in [0.25, 0.3) is 0 Å². The molecule has 0 aliphatic heterocycles. The Hall–Kier alpha value is -1.64. The van der Waals surface area contributed by atoms with E-state index in [0.717, 1.165) is 5.56 Å². The summed E-state index contributed by atoms with van der Waals surface area (Å²) in [6.45, 7) is 3.38. The molecule has 0 aliphatic carbocycles. The second-order valence-corrected chi connectivity index (χ2v) is 5.22. The van der Waals surface area contributed by atoms with Gasteiger partial charge in [-0.1, -0.05) is 30.1 Å². The Bertz CT molecular complexity index is 602. The molecule has 0 fully saturated rings. The molecule has 0 unspecified atom stereocenters. The van der Waals surface area contributed by atoms with Crippen LogP contribution in [0.5, 0.6) is 0 Å². The molecule has 2 nitrogen and oxygen atoms in total. The minimum atomic E-state index is 0.0664. The molecule has 2 rings (SSSR count). The summed E-state index contributed by atoms with van der Waals surface area (Å²) in [6.07, 6.45) is 0.543. The van der Waals surface area contributed by atoms with Crippen molar-refractivity contribution < 1.29 is 9.59 Å². The van der Waals surface area contributed by atoms with Crippen LogP contribution in [0.4, 0.5) is 0 Å². The van der Waals surface area contributed by atoms with Gasteiger partial charge in [-0.25, -0.2) is 0 Å². The number of halogens is 2. The minimum Gasteiger partial charge on any atom is -0.295 e. The van der Waals surface area contributed by atoms with Gasteiger partial charge >= 0.3 is 0 Å². The number of ketones is 2. The van der Waals surface area contributed by atoms with Gasteiger partial charge in [-0.15, -0.1) is 0 Å². The van der Waals surface area contributed by atoms with E-state index in [9.17, 15) is 9.59 Å². The summed E-state index contributed by atoms with van der Waals surface area (Å²) < 4.78 is 0. The van der Waals surface area contributed by atoms with Crippen LogP contribution in [0.15, 0.2) is 48.5 Å². The third-order valence-electron chi connectivity index (χ3n) is 2.74. The average Bonchev–Trinajstić information content (AvgIpc) is 2.48. The molecule has 2 aromatic carbocycles. The van der Waals surface area contributed by atoms with Crippen molar-refractivity contribution in [3.63, 3.8) is 0 Å². The lowest BCUT2D eigenvalue weighted by atomic mass is 10.1.